The zero-order valence-corrected chi connectivity index (χ0v) is 18.3. The van der Waals surface area contributed by atoms with Crippen LogP contribution in [0.15, 0.2) is 53.0 Å². The highest BCUT2D eigenvalue weighted by Gasteiger charge is 2.58. The molecule has 0 spiro atoms. The second-order valence-electron chi connectivity index (χ2n) is 8.12. The molecule has 1 saturated heterocycles. The molecule has 30 heavy (non-hydrogen) atoms. The van der Waals surface area contributed by atoms with Crippen LogP contribution in [0, 0.1) is 20.9 Å². The molecule has 8 heteroatoms. The predicted molar refractivity (Wildman–Crippen MR) is 112 cm³/mol. The number of nitrogens with zero attached hydrogens (tertiary/aromatic N) is 1. The zero-order chi connectivity index (χ0) is 22.3. The van der Waals surface area contributed by atoms with Gasteiger partial charge in [0.15, 0.2) is 11.6 Å². The molecule has 2 atom stereocenters. The molecule has 0 aliphatic carbocycles. The Morgan fingerprint density at radius 3 is 2.17 bits per heavy atom. The molecule has 2 aromatic rings. The number of hydrogen-bond acceptors (Lipinski definition) is 6. The van der Waals surface area contributed by atoms with E-state index in [9.17, 15) is 24.5 Å². The molecule has 0 N–H and O–H groups in total. The van der Waals surface area contributed by atoms with Gasteiger partial charge in [-0.05, 0) is 50.6 Å². The summed E-state index contributed by atoms with van der Waals surface area (Å²) in [6, 6.07) is 12.2. The van der Waals surface area contributed by atoms with Gasteiger partial charge in [-0.25, -0.2) is 0 Å². The molecule has 1 aliphatic heterocycles. The Labute approximate surface area is 181 Å². The van der Waals surface area contributed by atoms with Crippen molar-refractivity contribution in [2.75, 3.05) is 0 Å². The zero-order valence-electron chi connectivity index (χ0n) is 16.7. The third-order valence-corrected chi connectivity index (χ3v) is 6.03. The number of esters is 1. The smallest absolute Gasteiger partial charge is 0.320 e. The fourth-order valence-corrected chi connectivity index (χ4v) is 4.04. The Kier molecular flexibility index (Phi) is 5.64. The highest BCUT2D eigenvalue weighted by atomic mass is 79.9. The number of ether oxygens (including phenoxy) is 1. The Bertz CT molecular complexity index is 1030. The maximum Gasteiger partial charge on any atom is 0.320 e. The third-order valence-electron chi connectivity index (χ3n) is 5.50. The summed E-state index contributed by atoms with van der Waals surface area (Å²) in [5, 5.41) is 10.8. The van der Waals surface area contributed by atoms with Crippen molar-refractivity contribution in [1.29, 1.82) is 0 Å². The number of hydrogen-bond donors (Lipinski definition) is 0. The summed E-state index contributed by atoms with van der Waals surface area (Å²) < 4.78 is 6.54. The summed E-state index contributed by atoms with van der Waals surface area (Å²) in [5.74, 6) is -1.60. The van der Waals surface area contributed by atoms with Crippen LogP contribution in [0.2, 0.25) is 0 Å². The van der Waals surface area contributed by atoms with Gasteiger partial charge in [-0.15, -0.1) is 0 Å². The Morgan fingerprint density at radius 1 is 1.07 bits per heavy atom. The molecule has 0 amide bonds. The van der Waals surface area contributed by atoms with Crippen LogP contribution in [0.5, 0.6) is 0 Å². The normalized spacial score (nSPS) is 23.0. The maximum absolute atomic E-state index is 13.4. The van der Waals surface area contributed by atoms with Crippen molar-refractivity contribution in [2.45, 2.75) is 33.3 Å². The van der Waals surface area contributed by atoms with E-state index in [2.05, 4.69) is 15.9 Å². The van der Waals surface area contributed by atoms with Gasteiger partial charge in [0, 0.05) is 28.6 Å². The van der Waals surface area contributed by atoms with Gasteiger partial charge >= 0.3 is 5.97 Å². The molecule has 3 rings (SSSR count). The van der Waals surface area contributed by atoms with Crippen molar-refractivity contribution in [3.05, 3.63) is 74.2 Å². The standard InChI is InChI=1S/C22H20BrNO6/c1-21(2)18(14-4-8-15(23)9-5-14)30-20(27)22(3,19(21)26)12-17(25)13-6-10-16(11-7-13)24(28)29/h4-11,18H,12H2,1-3H3/t18-,22+/m0/s1. The molecule has 7 nitrogen and oxygen atoms in total. The van der Waals surface area contributed by atoms with Gasteiger partial charge in [-0.1, -0.05) is 28.1 Å². The monoisotopic (exact) mass is 473 g/mol. The molecule has 1 fully saturated rings. The topological polar surface area (TPSA) is 104 Å². The average molecular weight is 474 g/mol. The highest BCUT2D eigenvalue weighted by Crippen LogP contribution is 2.49. The number of halogens is 1. The number of carbonyl (C=O) groups is 3. The van der Waals surface area contributed by atoms with Crippen LogP contribution >= 0.6 is 15.9 Å². The molecule has 0 radical (unpaired) electrons. The summed E-state index contributed by atoms with van der Waals surface area (Å²) >= 11 is 3.35. The molecule has 0 bridgehead atoms. The van der Waals surface area contributed by atoms with Crippen molar-refractivity contribution in [1.82, 2.24) is 0 Å². The average Bonchev–Trinajstić information content (AvgIpc) is 2.70. The lowest BCUT2D eigenvalue weighted by molar-refractivity contribution is -0.384. The molecular formula is C22H20BrNO6. The summed E-state index contributed by atoms with van der Waals surface area (Å²) in [6.07, 6.45) is -1.15. The number of nitro benzene ring substituents is 1. The number of Topliss-reactive ketones (excluding diaryl/α,β-unsaturated/α-hetero) is 2. The molecule has 0 unspecified atom stereocenters. The van der Waals surface area contributed by atoms with E-state index in [4.69, 9.17) is 4.74 Å². The first-order valence-electron chi connectivity index (χ1n) is 9.26. The molecule has 2 aromatic carbocycles. The molecule has 0 aromatic heterocycles. The maximum atomic E-state index is 13.4. The van der Waals surface area contributed by atoms with Crippen molar-refractivity contribution in [3.63, 3.8) is 0 Å². The van der Waals surface area contributed by atoms with E-state index in [1.807, 2.05) is 0 Å². The van der Waals surface area contributed by atoms with Crippen molar-refractivity contribution in [2.24, 2.45) is 10.8 Å². The number of nitro groups is 1. The summed E-state index contributed by atoms with van der Waals surface area (Å²) in [5.41, 5.74) is -1.96. The second kappa shape index (κ2) is 7.75. The fraction of sp³-hybridized carbons (Fsp3) is 0.318. The SMILES string of the molecule is CC1(C)C(=O)[C@@](C)(CC(=O)c2ccc([N+](=O)[O-])cc2)C(=O)O[C@H]1c1ccc(Br)cc1. The van der Waals surface area contributed by atoms with Gasteiger partial charge in [0.2, 0.25) is 0 Å². The lowest BCUT2D eigenvalue weighted by atomic mass is 9.64. The van der Waals surface area contributed by atoms with E-state index in [1.165, 1.54) is 31.2 Å². The Balaban J connectivity index is 1.87. The van der Waals surface area contributed by atoms with E-state index >= 15 is 0 Å². The van der Waals surface area contributed by atoms with Crippen molar-refractivity contribution >= 4 is 39.2 Å². The van der Waals surface area contributed by atoms with Gasteiger partial charge in [0.05, 0.1) is 10.3 Å². The van der Waals surface area contributed by atoms with Gasteiger partial charge in [0.1, 0.15) is 11.5 Å². The van der Waals surface area contributed by atoms with Crippen LogP contribution in [0.3, 0.4) is 0 Å². The van der Waals surface area contributed by atoms with E-state index < -0.39 is 33.6 Å². The van der Waals surface area contributed by atoms with Crippen LogP contribution in [-0.4, -0.2) is 22.5 Å². The minimum atomic E-state index is -1.64. The first-order valence-corrected chi connectivity index (χ1v) is 10.1. The number of ketones is 2. The van der Waals surface area contributed by atoms with Crippen LogP contribution in [0.4, 0.5) is 5.69 Å². The number of cyclic esters (lactones) is 1. The molecular weight excluding hydrogens is 454 g/mol. The molecule has 1 heterocycles. The summed E-state index contributed by atoms with van der Waals surface area (Å²) in [4.78, 5) is 49.2. The van der Waals surface area contributed by atoms with E-state index in [0.717, 1.165) is 4.47 Å². The van der Waals surface area contributed by atoms with Gasteiger partial charge in [-0.2, -0.15) is 0 Å². The third kappa shape index (κ3) is 3.79. The Hall–Kier alpha value is -2.87. The number of non-ortho nitro benzene ring substituents is 1. The number of rotatable bonds is 5. The quantitative estimate of drug-likeness (QED) is 0.202. The van der Waals surface area contributed by atoms with Crippen LogP contribution in [0.1, 0.15) is 49.2 Å². The molecule has 156 valence electrons. The van der Waals surface area contributed by atoms with Crippen LogP contribution in [-0.2, 0) is 14.3 Å². The van der Waals surface area contributed by atoms with E-state index in [1.54, 1.807) is 38.1 Å². The van der Waals surface area contributed by atoms with Gasteiger partial charge in [-0.3, -0.25) is 24.5 Å². The van der Waals surface area contributed by atoms with Crippen LogP contribution in [0.25, 0.3) is 0 Å². The van der Waals surface area contributed by atoms with Crippen LogP contribution < -0.4 is 0 Å². The van der Waals surface area contributed by atoms with Gasteiger partial charge in [0.25, 0.3) is 5.69 Å². The summed E-state index contributed by atoms with van der Waals surface area (Å²) in [7, 11) is 0. The lowest BCUT2D eigenvalue weighted by Crippen LogP contribution is -2.54. The van der Waals surface area contributed by atoms with Gasteiger partial charge < -0.3 is 4.74 Å². The van der Waals surface area contributed by atoms with E-state index in [-0.39, 0.29) is 23.5 Å². The molecule has 1 aliphatic rings. The van der Waals surface area contributed by atoms with Crippen molar-refractivity contribution in [3.8, 4) is 0 Å². The van der Waals surface area contributed by atoms with E-state index in [0.29, 0.717) is 5.56 Å². The first-order chi connectivity index (χ1) is 14.0. The minimum absolute atomic E-state index is 0.149. The first kappa shape index (κ1) is 21.8. The largest absolute Gasteiger partial charge is 0.456 e. The summed E-state index contributed by atoms with van der Waals surface area (Å²) in [6.45, 7) is 4.81. The lowest BCUT2D eigenvalue weighted by Gasteiger charge is -2.44. The predicted octanol–water partition coefficient (Wildman–Crippen LogP) is 4.83. The second-order valence-corrected chi connectivity index (χ2v) is 9.04. The fourth-order valence-electron chi connectivity index (χ4n) is 3.77. The number of carbonyl (C=O) groups excluding carboxylic acids is 3. The Morgan fingerprint density at radius 2 is 1.63 bits per heavy atom. The minimum Gasteiger partial charge on any atom is -0.456 e. The highest BCUT2D eigenvalue weighted by molar-refractivity contribution is 9.10. The van der Waals surface area contributed by atoms with Crippen molar-refractivity contribution < 1.29 is 24.0 Å². The number of benzene rings is 2. The molecule has 0 saturated carbocycles.